The Morgan fingerprint density at radius 1 is 0.952 bits per heavy atom. The first-order chi connectivity index (χ1) is 10.1. The smallest absolute Gasteiger partial charge is 0.163 e. The number of methoxy groups -OCH3 is 2. The number of benzene rings is 2. The standard InChI is InChI=1S/C16H17F2NO2/c1-20-15-9-12(7-11(5-6-19)16(15)21-2)10-3-4-13(17)14(18)8-10/h3-4,7-9H,5-6,19H2,1-2H3. The van der Waals surface area contributed by atoms with Crippen LogP contribution in [0.1, 0.15) is 5.56 Å². The van der Waals surface area contributed by atoms with Gasteiger partial charge in [0.15, 0.2) is 23.1 Å². The average Bonchev–Trinajstić information content (AvgIpc) is 2.49. The highest BCUT2D eigenvalue weighted by atomic mass is 19.2. The average molecular weight is 293 g/mol. The van der Waals surface area contributed by atoms with Crippen molar-refractivity contribution in [3.63, 3.8) is 0 Å². The molecule has 0 aliphatic heterocycles. The number of hydrogen-bond donors (Lipinski definition) is 1. The van der Waals surface area contributed by atoms with Gasteiger partial charge in [0.25, 0.3) is 0 Å². The van der Waals surface area contributed by atoms with E-state index in [4.69, 9.17) is 15.2 Å². The van der Waals surface area contributed by atoms with Crippen molar-refractivity contribution >= 4 is 0 Å². The third kappa shape index (κ3) is 3.13. The van der Waals surface area contributed by atoms with Gasteiger partial charge >= 0.3 is 0 Å². The number of nitrogens with two attached hydrogens (primary N) is 1. The molecule has 0 bridgehead atoms. The van der Waals surface area contributed by atoms with Crippen LogP contribution in [0.25, 0.3) is 11.1 Å². The lowest BCUT2D eigenvalue weighted by molar-refractivity contribution is 0.352. The van der Waals surface area contributed by atoms with Crippen LogP contribution in [0.3, 0.4) is 0 Å². The van der Waals surface area contributed by atoms with Gasteiger partial charge in [-0.2, -0.15) is 0 Å². The molecule has 0 amide bonds. The van der Waals surface area contributed by atoms with Crippen LogP contribution in [-0.2, 0) is 6.42 Å². The van der Waals surface area contributed by atoms with Gasteiger partial charge < -0.3 is 15.2 Å². The quantitative estimate of drug-likeness (QED) is 0.921. The number of hydrogen-bond acceptors (Lipinski definition) is 3. The van der Waals surface area contributed by atoms with E-state index in [0.29, 0.717) is 30.0 Å². The fraction of sp³-hybridized carbons (Fsp3) is 0.250. The summed E-state index contributed by atoms with van der Waals surface area (Å²) < 4.78 is 37.1. The van der Waals surface area contributed by atoms with Gasteiger partial charge in [-0.15, -0.1) is 0 Å². The van der Waals surface area contributed by atoms with E-state index in [9.17, 15) is 8.78 Å². The molecule has 0 fully saturated rings. The Kier molecular flexibility index (Phi) is 4.75. The normalized spacial score (nSPS) is 10.5. The molecule has 0 spiro atoms. The topological polar surface area (TPSA) is 44.5 Å². The van der Waals surface area contributed by atoms with Crippen LogP contribution in [-0.4, -0.2) is 20.8 Å². The van der Waals surface area contributed by atoms with Gasteiger partial charge in [0.1, 0.15) is 0 Å². The molecule has 112 valence electrons. The molecule has 0 aliphatic carbocycles. The summed E-state index contributed by atoms with van der Waals surface area (Å²) in [6, 6.07) is 7.35. The number of ether oxygens (including phenoxy) is 2. The van der Waals surface area contributed by atoms with Gasteiger partial charge in [-0.3, -0.25) is 0 Å². The minimum atomic E-state index is -0.886. The minimum absolute atomic E-state index is 0.445. The lowest BCUT2D eigenvalue weighted by Crippen LogP contribution is -2.05. The fourth-order valence-corrected chi connectivity index (χ4v) is 2.23. The molecule has 0 saturated heterocycles. The molecular weight excluding hydrogens is 276 g/mol. The summed E-state index contributed by atoms with van der Waals surface area (Å²) in [5.74, 6) is -0.624. The number of halogens is 2. The molecule has 0 radical (unpaired) electrons. The third-order valence-electron chi connectivity index (χ3n) is 3.22. The monoisotopic (exact) mass is 293 g/mol. The molecule has 0 aromatic heterocycles. The molecule has 0 saturated carbocycles. The maximum absolute atomic E-state index is 13.4. The summed E-state index contributed by atoms with van der Waals surface area (Å²) in [5.41, 5.74) is 7.74. The van der Waals surface area contributed by atoms with Crippen LogP contribution in [0.5, 0.6) is 11.5 Å². The van der Waals surface area contributed by atoms with E-state index < -0.39 is 11.6 Å². The first kappa shape index (κ1) is 15.3. The van der Waals surface area contributed by atoms with Crippen molar-refractivity contribution in [1.29, 1.82) is 0 Å². The molecule has 2 rings (SSSR count). The maximum atomic E-state index is 13.4. The molecule has 2 aromatic rings. The van der Waals surface area contributed by atoms with Crippen LogP contribution in [0.2, 0.25) is 0 Å². The van der Waals surface area contributed by atoms with Crippen LogP contribution >= 0.6 is 0 Å². The Hall–Kier alpha value is -2.14. The second-order valence-electron chi connectivity index (χ2n) is 4.54. The molecule has 0 aliphatic rings. The van der Waals surface area contributed by atoms with Crippen LogP contribution < -0.4 is 15.2 Å². The molecule has 2 aromatic carbocycles. The summed E-state index contributed by atoms with van der Waals surface area (Å²) in [5, 5.41) is 0. The van der Waals surface area contributed by atoms with Crippen molar-refractivity contribution in [2.75, 3.05) is 20.8 Å². The molecular formula is C16H17F2NO2. The van der Waals surface area contributed by atoms with Gasteiger partial charge in [-0.1, -0.05) is 6.07 Å². The molecule has 3 nitrogen and oxygen atoms in total. The fourth-order valence-electron chi connectivity index (χ4n) is 2.23. The predicted molar refractivity (Wildman–Crippen MR) is 77.7 cm³/mol. The van der Waals surface area contributed by atoms with E-state index in [0.717, 1.165) is 23.3 Å². The zero-order chi connectivity index (χ0) is 15.4. The predicted octanol–water partition coefficient (Wildman–Crippen LogP) is 3.15. The van der Waals surface area contributed by atoms with E-state index in [1.807, 2.05) is 6.07 Å². The summed E-state index contributed by atoms with van der Waals surface area (Å²) >= 11 is 0. The van der Waals surface area contributed by atoms with E-state index in [1.165, 1.54) is 13.2 Å². The van der Waals surface area contributed by atoms with Crippen molar-refractivity contribution in [3.8, 4) is 22.6 Å². The summed E-state index contributed by atoms with van der Waals surface area (Å²) in [6.07, 6.45) is 0.594. The first-order valence-corrected chi connectivity index (χ1v) is 6.51. The Morgan fingerprint density at radius 3 is 2.29 bits per heavy atom. The summed E-state index contributed by atoms with van der Waals surface area (Å²) in [7, 11) is 3.08. The zero-order valence-corrected chi connectivity index (χ0v) is 12.0. The van der Waals surface area contributed by atoms with Crippen LogP contribution in [0, 0.1) is 11.6 Å². The highest BCUT2D eigenvalue weighted by Gasteiger charge is 2.14. The van der Waals surface area contributed by atoms with E-state index in [1.54, 1.807) is 13.2 Å². The lowest BCUT2D eigenvalue weighted by Gasteiger charge is -2.15. The Balaban J connectivity index is 2.57. The van der Waals surface area contributed by atoms with E-state index >= 15 is 0 Å². The zero-order valence-electron chi connectivity index (χ0n) is 12.0. The second-order valence-corrected chi connectivity index (χ2v) is 4.54. The SMILES string of the molecule is COc1cc(-c2ccc(F)c(F)c2)cc(CCN)c1OC. The minimum Gasteiger partial charge on any atom is -0.493 e. The highest BCUT2D eigenvalue weighted by molar-refractivity contribution is 5.69. The third-order valence-corrected chi connectivity index (χ3v) is 3.22. The van der Waals surface area contributed by atoms with Crippen molar-refractivity contribution < 1.29 is 18.3 Å². The van der Waals surface area contributed by atoms with Gasteiger partial charge in [0, 0.05) is 0 Å². The Morgan fingerprint density at radius 2 is 1.71 bits per heavy atom. The van der Waals surface area contributed by atoms with Gasteiger partial charge in [0.2, 0.25) is 0 Å². The van der Waals surface area contributed by atoms with Gasteiger partial charge in [-0.05, 0) is 53.9 Å². The van der Waals surface area contributed by atoms with Crippen LogP contribution in [0.15, 0.2) is 30.3 Å². The van der Waals surface area contributed by atoms with Crippen molar-refractivity contribution in [3.05, 3.63) is 47.5 Å². The first-order valence-electron chi connectivity index (χ1n) is 6.51. The van der Waals surface area contributed by atoms with Crippen LogP contribution in [0.4, 0.5) is 8.78 Å². The largest absolute Gasteiger partial charge is 0.493 e. The molecule has 0 unspecified atom stereocenters. The highest BCUT2D eigenvalue weighted by Crippen LogP contribution is 2.36. The number of rotatable bonds is 5. The van der Waals surface area contributed by atoms with E-state index in [-0.39, 0.29) is 0 Å². The molecule has 5 heteroatoms. The summed E-state index contributed by atoms with van der Waals surface area (Å²) in [4.78, 5) is 0. The Labute approximate surface area is 122 Å². The molecule has 0 heterocycles. The van der Waals surface area contributed by atoms with Crippen molar-refractivity contribution in [1.82, 2.24) is 0 Å². The van der Waals surface area contributed by atoms with Gasteiger partial charge in [0.05, 0.1) is 14.2 Å². The maximum Gasteiger partial charge on any atom is 0.163 e. The Bertz CT molecular complexity index is 644. The lowest BCUT2D eigenvalue weighted by atomic mass is 10.00. The van der Waals surface area contributed by atoms with Crippen molar-refractivity contribution in [2.45, 2.75) is 6.42 Å². The molecule has 21 heavy (non-hydrogen) atoms. The molecule has 0 atom stereocenters. The van der Waals surface area contributed by atoms with Gasteiger partial charge in [-0.25, -0.2) is 8.78 Å². The van der Waals surface area contributed by atoms with E-state index in [2.05, 4.69) is 0 Å². The second kappa shape index (κ2) is 6.54. The summed E-state index contributed by atoms with van der Waals surface area (Å²) in [6.45, 7) is 0.445. The van der Waals surface area contributed by atoms with Crippen molar-refractivity contribution in [2.24, 2.45) is 5.73 Å². The molecule has 2 N–H and O–H groups in total.